The number of rotatable bonds is 33. The number of carbonyl (C=O) groups is 2. The highest BCUT2D eigenvalue weighted by molar-refractivity contribution is 7.92. The Labute approximate surface area is 840 Å². The molecule has 0 saturated heterocycles. The minimum absolute atomic E-state index is 0.0149. The number of phenols is 4. The third-order valence-corrected chi connectivity index (χ3v) is 26.2. The van der Waals surface area contributed by atoms with Gasteiger partial charge in [-0.3, -0.25) is 22.8 Å². The average molecular weight is 2270 g/mol. The summed E-state index contributed by atoms with van der Waals surface area (Å²) in [5.74, 6) is -6.22. The molecule has 0 heterocycles. The monoisotopic (exact) mass is 2260 g/mol. The van der Waals surface area contributed by atoms with E-state index in [1.54, 1.807) is 66.7 Å². The lowest BCUT2D eigenvalue weighted by Crippen LogP contribution is -2.19. The molecule has 148 heavy (non-hydrogen) atoms. The van der Waals surface area contributed by atoms with Crippen LogP contribution in [-0.2, 0) is 125 Å². The van der Waals surface area contributed by atoms with Crippen LogP contribution < -0.4 is 22.5 Å². The maximum absolute atomic E-state index is 12.6. The van der Waals surface area contributed by atoms with E-state index in [0.717, 1.165) is 59.2 Å². The normalized spacial score (nSPS) is 12.1. The number of phenolic OH excluding ortho intramolecular Hbond substituents is 4. The first-order valence-electron chi connectivity index (χ1n) is 39.2. The van der Waals surface area contributed by atoms with Crippen molar-refractivity contribution in [1.29, 1.82) is 0 Å². The second-order valence-electron chi connectivity index (χ2n) is 28.5. The van der Waals surface area contributed by atoms with Crippen molar-refractivity contribution in [2.45, 2.75) is 45.2 Å². The number of fused-ring (bicyclic) bond motifs is 2. The fourth-order valence-corrected chi connectivity index (χ4v) is 17.3. The molecule has 12 aromatic carbocycles. The molecule has 69 heteroatoms. The zero-order valence-corrected chi connectivity index (χ0v) is 83.6. The lowest BCUT2D eigenvalue weighted by Gasteiger charge is -2.12. The number of hydrogen-bond donors (Lipinski definition) is 14. The molecule has 0 aliphatic heterocycles. The highest BCUT2D eigenvalue weighted by atomic mass is 32.3. The topological polar surface area (TPSA) is 954 Å². The lowest BCUT2D eigenvalue weighted by atomic mass is 10.1. The van der Waals surface area contributed by atoms with Crippen LogP contribution in [-0.4, -0.2) is 203 Å². The van der Waals surface area contributed by atoms with Gasteiger partial charge in [0.2, 0.25) is 0 Å². The first-order chi connectivity index (χ1) is 68.8. The second kappa shape index (κ2) is 51.7. The number of aryl methyl sites for hydroxylation is 3. The van der Waals surface area contributed by atoms with E-state index in [1.807, 2.05) is 45.0 Å². The SMILES string of the molecule is Cc1ccc(N=Nc2c(C(=O)O)cc(O)c(N=Nc3ccc(N=Nc4ccc(S(=O)(=O)CCOS(=O)(=O)O)cc4S(=O)(=O)O)c(NC(N)=O)c3)c2O)cc1.Cc1ccc(N=Nc2cc(N=Nc3ccc(S(=O)(=O)CCOS(=O)(=O)O)cc3)c3cc(N)ccc3c2O)cc1.Cc1ccc(N=Nc2ccc3cc(S(=O)(=O)O)c(N=Nc4ccc(S(=O)(=O)CCOS(=O)(=O)O)cc4)c(N)c3c2O)cc1.O=S(=O)=O.O=S(=O)=O.O=S(=O)=O. The van der Waals surface area contributed by atoms with Crippen LogP contribution in [0.5, 0.6) is 23.0 Å². The van der Waals surface area contributed by atoms with Gasteiger partial charge in [-0.15, -0.1) is 78.8 Å². The van der Waals surface area contributed by atoms with Gasteiger partial charge in [0.1, 0.15) is 49.7 Å². The van der Waals surface area contributed by atoms with Crippen molar-refractivity contribution < 1.29 is 176 Å². The number of nitrogens with zero attached hydrogens (tertiary/aromatic N) is 14. The highest BCUT2D eigenvalue weighted by Gasteiger charge is 2.29. The standard InChI is InChI=1S/C29H26N8O14S3.C25H23N5O10S3.C25H23N5O7S2.3O3S/c1-15-2-4-16(5-3-15)32-36-25-19(28(40)41)14-23(38)26(27(25)39)37-33-17-6-8-20(22(12-17)31-29(30)42)34-35-21-9-7-18(13-24(21)53(45,46)47)52(43,44)11-10-51-54(48,49)50;1-15-2-5-17(6-3-15)27-29-20-11-4-16-14-21(42(34,35)36)24(23(26)22(16)25(20)31)30-28-18-7-9-19(10-8-18)41(32,33)13-12-40-43(37,38)39;1-16-2-5-18(6-3-16)28-30-24-15-23(22-14-17(26)4-11-21(22)25(24)31)29-27-19-7-9-20(10-8-19)38(32,33)13-12-37-39(34,35)36;3*1-4(2)3/h2-9,12-14,38-39H,10-11H2,1H3,(H,40,41)(H3,30,31,42)(H,45,46,47)(H,48,49,50);2-11,14,31H,12-13,26H2,1H3,(H,34,35,36)(H,37,38,39);2-11,14-15,31H,12-13,26H2,1H3,(H,34,35,36);;;. The minimum Gasteiger partial charge on any atom is -0.505 e. The number of sulfone groups is 3. The van der Waals surface area contributed by atoms with Crippen molar-refractivity contribution in [1.82, 2.24) is 0 Å². The summed E-state index contributed by atoms with van der Waals surface area (Å²) in [6.07, 6.45) is 0. The average Bonchev–Trinajstić information content (AvgIpc) is 0.753. The molecule has 17 N–H and O–H groups in total. The number of nitrogens with two attached hydrogens (primary N) is 3. The summed E-state index contributed by atoms with van der Waals surface area (Å²) in [4.78, 5) is 20.8. The molecule has 0 atom stereocenters. The minimum atomic E-state index is -5.16. The third kappa shape index (κ3) is 37.9. The van der Waals surface area contributed by atoms with Crippen molar-refractivity contribution >= 4 is 243 Å². The Morgan fingerprint density at radius 1 is 0.338 bits per heavy atom. The van der Waals surface area contributed by atoms with Gasteiger partial charge in [-0.25, -0.2) is 47.4 Å². The molecular formula is C79H72N18O40S11. The van der Waals surface area contributed by atoms with Crippen LogP contribution in [0.1, 0.15) is 27.0 Å². The van der Waals surface area contributed by atoms with E-state index in [4.69, 9.17) is 68.7 Å². The molecule has 0 spiro atoms. The van der Waals surface area contributed by atoms with E-state index < -0.39 is 222 Å². The van der Waals surface area contributed by atoms with Gasteiger partial charge >= 0.3 is 75.0 Å². The third-order valence-electron chi connectivity index (χ3n) is 18.0. The molecule has 0 unspecified atom stereocenters. The van der Waals surface area contributed by atoms with E-state index in [1.165, 1.54) is 66.7 Å². The number of carboxylic acids is 1. The van der Waals surface area contributed by atoms with Gasteiger partial charge in [-0.1, -0.05) is 59.2 Å². The summed E-state index contributed by atoms with van der Waals surface area (Å²) in [5.41, 5.74) is 19.4. The van der Waals surface area contributed by atoms with E-state index >= 15 is 0 Å². The number of carbonyl (C=O) groups excluding carboxylic acids is 1. The molecule has 0 saturated carbocycles. The van der Waals surface area contributed by atoms with Gasteiger partial charge in [0.05, 0.1) is 114 Å². The Morgan fingerprint density at radius 2 is 0.689 bits per heavy atom. The fraction of sp³-hybridized carbons (Fsp3) is 0.114. The summed E-state index contributed by atoms with van der Waals surface area (Å²) in [5, 5.41) is 112. The Morgan fingerprint density at radius 3 is 1.11 bits per heavy atom. The van der Waals surface area contributed by atoms with Gasteiger partial charge in [0.15, 0.2) is 52.4 Å². The van der Waals surface area contributed by atoms with Crippen molar-refractivity contribution in [3.8, 4) is 23.0 Å². The smallest absolute Gasteiger partial charge is 0.425 e. The van der Waals surface area contributed by atoms with Crippen molar-refractivity contribution in [2.75, 3.05) is 53.9 Å². The number of aromatic hydroxyl groups is 4. The molecule has 0 bridgehead atoms. The highest BCUT2D eigenvalue weighted by Crippen LogP contribution is 2.50. The van der Waals surface area contributed by atoms with Crippen molar-refractivity contribution in [3.05, 3.63) is 229 Å². The Balaban J connectivity index is 0.000000287. The quantitative estimate of drug-likeness (QED) is 0.0103. The predicted molar refractivity (Wildman–Crippen MR) is 516 cm³/mol. The number of amides is 2. The van der Waals surface area contributed by atoms with Crippen LogP contribution in [0.15, 0.2) is 302 Å². The van der Waals surface area contributed by atoms with E-state index in [-0.39, 0.29) is 66.1 Å². The number of primary amides is 1. The molecule has 0 fully saturated rings. The van der Waals surface area contributed by atoms with Crippen LogP contribution in [0.4, 0.5) is 101 Å². The molecule has 12 rings (SSSR count). The maximum Gasteiger partial charge on any atom is 0.425 e. The van der Waals surface area contributed by atoms with Crippen molar-refractivity contribution in [3.63, 3.8) is 0 Å². The molecule has 2 amide bonds. The number of nitrogen functional groups attached to an aromatic ring is 2. The van der Waals surface area contributed by atoms with E-state index in [9.17, 15) is 112 Å². The summed E-state index contributed by atoms with van der Waals surface area (Å²) >= 11 is 0. The van der Waals surface area contributed by atoms with Gasteiger partial charge in [0.25, 0.3) is 20.2 Å². The number of aromatic carboxylic acids is 1. The van der Waals surface area contributed by atoms with Gasteiger partial charge < -0.3 is 48.1 Å². The van der Waals surface area contributed by atoms with Gasteiger partial charge in [0, 0.05) is 16.5 Å². The zero-order chi connectivity index (χ0) is 111. The summed E-state index contributed by atoms with van der Waals surface area (Å²) in [6.45, 7) is 3.13. The molecular weight excluding hydrogens is 2190 g/mol. The van der Waals surface area contributed by atoms with Gasteiger partial charge in [-0.2, -0.15) is 72.8 Å². The van der Waals surface area contributed by atoms with Crippen molar-refractivity contribution in [2.24, 2.45) is 77.3 Å². The fourth-order valence-electron chi connectivity index (χ4n) is 11.4. The Bertz CT molecular complexity index is 8640. The second-order valence-corrected chi connectivity index (χ2v) is 42.1. The summed E-state index contributed by atoms with van der Waals surface area (Å²) in [6, 6.07) is 46.8. The number of nitrogens with one attached hydrogen (secondary N) is 1. The van der Waals surface area contributed by atoms with Crippen LogP contribution in [0.2, 0.25) is 0 Å². The number of hydrogen-bond acceptors (Lipinski definition) is 50. The molecule has 58 nitrogen and oxygen atoms in total. The Hall–Kier alpha value is -16.0. The van der Waals surface area contributed by atoms with Crippen LogP contribution in [0, 0.1) is 20.8 Å². The van der Waals surface area contributed by atoms with Crippen LogP contribution in [0.25, 0.3) is 21.5 Å². The van der Waals surface area contributed by atoms with Crippen LogP contribution in [0.3, 0.4) is 0 Å². The number of urea groups is 1. The molecule has 0 aliphatic carbocycles. The Kier molecular flexibility index (Phi) is 41.6. The number of benzene rings is 12. The maximum atomic E-state index is 12.6. The zero-order valence-electron chi connectivity index (χ0n) is 74.6. The summed E-state index contributed by atoms with van der Waals surface area (Å²) in [7, 11) is -46.2. The first kappa shape index (κ1) is 119. The molecule has 0 radical (unpaired) electrons. The largest absolute Gasteiger partial charge is 0.505 e. The predicted octanol–water partition coefficient (Wildman–Crippen LogP) is 13.6. The number of azo groups is 7. The van der Waals surface area contributed by atoms with E-state index in [2.05, 4.69) is 89.5 Å². The molecule has 0 aliphatic rings. The summed E-state index contributed by atoms with van der Waals surface area (Å²) < 4.78 is 321. The van der Waals surface area contributed by atoms with Crippen LogP contribution >= 0.6 is 0 Å². The van der Waals surface area contributed by atoms with E-state index in [0.29, 0.717) is 51.0 Å². The first-order valence-corrected chi connectivity index (χ1v) is 54.2. The number of carboxylic acid groups (broad SMARTS) is 1. The molecule has 0 aromatic heterocycles. The molecule has 12 aromatic rings. The van der Waals surface area contributed by atoms with Gasteiger partial charge in [-0.05, 0) is 190 Å². The number of anilines is 3. The lowest BCUT2D eigenvalue weighted by molar-refractivity contribution is 0.0696. The molecule has 784 valence electrons.